The molecule has 2 aromatic rings. The first-order valence-corrected chi connectivity index (χ1v) is 9.76. The lowest BCUT2D eigenvalue weighted by molar-refractivity contribution is -0.119. The minimum atomic E-state index is -3.17. The number of carbonyl (C=O) groups excluding carboxylic acids is 2. The normalized spacial score (nSPS) is 11.0. The van der Waals surface area contributed by atoms with Gasteiger partial charge >= 0.3 is 5.97 Å². The van der Waals surface area contributed by atoms with Gasteiger partial charge in [-0.3, -0.25) is 4.79 Å². The number of benzene rings is 2. The first kappa shape index (κ1) is 19.9. The summed E-state index contributed by atoms with van der Waals surface area (Å²) in [5.41, 5.74) is 0.984. The van der Waals surface area contributed by atoms with E-state index < -0.39 is 34.1 Å². The van der Waals surface area contributed by atoms with Crippen molar-refractivity contribution >= 4 is 39.0 Å². The zero-order valence-electron chi connectivity index (χ0n) is 13.7. The molecule has 0 aromatic heterocycles. The minimum absolute atomic E-state index is 0.134. The summed E-state index contributed by atoms with van der Waals surface area (Å²) in [6.07, 6.45) is 1.11. The van der Waals surface area contributed by atoms with Gasteiger partial charge in [-0.05, 0) is 35.9 Å². The Morgan fingerprint density at radius 1 is 1.15 bits per heavy atom. The summed E-state index contributed by atoms with van der Waals surface area (Å²) < 4.78 is 40.4. The minimum Gasteiger partial charge on any atom is -0.452 e. The molecule has 0 unspecified atom stereocenters. The first-order valence-electron chi connectivity index (χ1n) is 7.33. The zero-order chi connectivity index (χ0) is 19.3. The van der Waals surface area contributed by atoms with Gasteiger partial charge in [0.05, 0.1) is 16.3 Å². The smallest absolute Gasteiger partial charge is 0.338 e. The van der Waals surface area contributed by atoms with E-state index >= 15 is 0 Å². The Balaban J connectivity index is 1.89. The van der Waals surface area contributed by atoms with Crippen molar-refractivity contribution in [3.05, 3.63) is 64.4 Å². The fourth-order valence-electron chi connectivity index (χ4n) is 2.03. The summed E-state index contributed by atoms with van der Waals surface area (Å²) in [7, 11) is -3.17. The Bertz CT molecular complexity index is 929. The number of carbonyl (C=O) groups is 2. The van der Waals surface area contributed by atoms with E-state index in [0.29, 0.717) is 5.56 Å². The summed E-state index contributed by atoms with van der Waals surface area (Å²) in [6.45, 7) is -0.543. The number of ether oxygens (including phenoxy) is 1. The molecule has 9 heteroatoms. The highest BCUT2D eigenvalue weighted by Crippen LogP contribution is 2.19. The Morgan fingerprint density at radius 2 is 1.81 bits per heavy atom. The van der Waals surface area contributed by atoms with Crippen molar-refractivity contribution in [2.24, 2.45) is 0 Å². The molecule has 0 saturated carbocycles. The number of amides is 1. The molecule has 0 fully saturated rings. The predicted molar refractivity (Wildman–Crippen MR) is 95.3 cm³/mol. The van der Waals surface area contributed by atoms with Gasteiger partial charge in [0.1, 0.15) is 5.82 Å². The number of esters is 1. The summed E-state index contributed by atoms with van der Waals surface area (Å²) in [5.74, 6) is -2.10. The summed E-state index contributed by atoms with van der Waals surface area (Å²) in [5, 5.41) is 2.27. The maximum absolute atomic E-state index is 13.0. The Kier molecular flexibility index (Phi) is 6.33. The van der Waals surface area contributed by atoms with Crippen molar-refractivity contribution in [3.8, 4) is 0 Å². The second kappa shape index (κ2) is 8.29. The molecule has 2 aromatic carbocycles. The highest BCUT2D eigenvalue weighted by atomic mass is 35.5. The van der Waals surface area contributed by atoms with Crippen molar-refractivity contribution in [2.45, 2.75) is 5.75 Å². The van der Waals surface area contributed by atoms with Crippen LogP contribution in [0.4, 0.5) is 10.1 Å². The van der Waals surface area contributed by atoms with Gasteiger partial charge in [-0.1, -0.05) is 23.7 Å². The highest BCUT2D eigenvalue weighted by molar-refractivity contribution is 7.89. The Morgan fingerprint density at radius 3 is 2.38 bits per heavy atom. The molecule has 0 spiro atoms. The van der Waals surface area contributed by atoms with Crippen LogP contribution in [0.25, 0.3) is 0 Å². The molecule has 1 amide bonds. The van der Waals surface area contributed by atoms with Gasteiger partial charge in [0.15, 0.2) is 16.4 Å². The molecule has 0 aliphatic heterocycles. The third-order valence-electron chi connectivity index (χ3n) is 3.16. The van der Waals surface area contributed by atoms with E-state index in [9.17, 15) is 22.4 Å². The molecule has 26 heavy (non-hydrogen) atoms. The van der Waals surface area contributed by atoms with Crippen LogP contribution in [0, 0.1) is 5.82 Å². The molecule has 0 saturated heterocycles. The van der Waals surface area contributed by atoms with E-state index in [2.05, 4.69) is 5.32 Å². The summed E-state index contributed by atoms with van der Waals surface area (Å²) in [4.78, 5) is 23.7. The SMILES string of the molecule is CS(=O)(=O)Cc1ccc(C(=O)OCC(=O)Nc2ccc(F)c(Cl)c2)cc1. The highest BCUT2D eigenvalue weighted by Gasteiger charge is 2.12. The standard InChI is InChI=1S/C17H15ClFNO5S/c1-26(23,24)10-11-2-4-12(5-3-11)17(22)25-9-16(21)20-13-6-7-15(19)14(18)8-13/h2-8H,9-10H2,1H3,(H,20,21). The maximum Gasteiger partial charge on any atom is 0.338 e. The summed E-state index contributed by atoms with van der Waals surface area (Å²) >= 11 is 5.61. The van der Waals surface area contributed by atoms with Crippen molar-refractivity contribution in [1.82, 2.24) is 0 Å². The Hall–Kier alpha value is -2.45. The number of halogens is 2. The van der Waals surface area contributed by atoms with Crippen molar-refractivity contribution in [3.63, 3.8) is 0 Å². The molecule has 0 bridgehead atoms. The first-order chi connectivity index (χ1) is 12.1. The molecule has 138 valence electrons. The van der Waals surface area contributed by atoms with Crippen LogP contribution in [0.2, 0.25) is 5.02 Å². The van der Waals surface area contributed by atoms with Crippen LogP contribution >= 0.6 is 11.6 Å². The molecule has 0 radical (unpaired) electrons. The summed E-state index contributed by atoms with van der Waals surface area (Å²) in [6, 6.07) is 9.48. The lowest BCUT2D eigenvalue weighted by Gasteiger charge is -2.08. The van der Waals surface area contributed by atoms with Gasteiger partial charge in [-0.2, -0.15) is 0 Å². The Labute approximate surface area is 154 Å². The molecule has 0 heterocycles. The zero-order valence-corrected chi connectivity index (χ0v) is 15.2. The fourth-order valence-corrected chi connectivity index (χ4v) is 3.00. The lowest BCUT2D eigenvalue weighted by Crippen LogP contribution is -2.21. The van der Waals surface area contributed by atoms with E-state index in [1.807, 2.05) is 0 Å². The average molecular weight is 400 g/mol. The van der Waals surface area contributed by atoms with Crippen molar-refractivity contribution < 1.29 is 27.1 Å². The molecular formula is C17H15ClFNO5S. The van der Waals surface area contributed by atoms with Crippen LogP contribution < -0.4 is 5.32 Å². The third-order valence-corrected chi connectivity index (χ3v) is 4.30. The van der Waals surface area contributed by atoms with E-state index in [-0.39, 0.29) is 22.0 Å². The molecule has 0 aliphatic rings. The second-order valence-corrected chi connectivity index (χ2v) is 8.07. The maximum atomic E-state index is 13.0. The number of sulfone groups is 1. The van der Waals surface area contributed by atoms with Gasteiger partial charge in [0.25, 0.3) is 5.91 Å². The van der Waals surface area contributed by atoms with E-state index in [1.54, 1.807) is 0 Å². The number of hydrogen-bond acceptors (Lipinski definition) is 5. The monoisotopic (exact) mass is 399 g/mol. The largest absolute Gasteiger partial charge is 0.452 e. The van der Waals surface area contributed by atoms with Gasteiger partial charge in [-0.15, -0.1) is 0 Å². The molecule has 0 aliphatic carbocycles. The lowest BCUT2D eigenvalue weighted by atomic mass is 10.1. The van der Waals surface area contributed by atoms with Crippen molar-refractivity contribution in [1.29, 1.82) is 0 Å². The molecule has 6 nitrogen and oxygen atoms in total. The van der Waals surface area contributed by atoms with Gasteiger partial charge in [0.2, 0.25) is 0 Å². The topological polar surface area (TPSA) is 89.5 Å². The van der Waals surface area contributed by atoms with Crippen LogP contribution in [0.1, 0.15) is 15.9 Å². The predicted octanol–water partition coefficient (Wildman–Crippen LogP) is 2.82. The number of anilines is 1. The van der Waals surface area contributed by atoms with E-state index in [0.717, 1.165) is 12.3 Å². The number of hydrogen-bond donors (Lipinski definition) is 1. The fraction of sp³-hybridized carbons (Fsp3) is 0.176. The molecule has 1 N–H and O–H groups in total. The van der Waals surface area contributed by atoms with Gasteiger partial charge in [0, 0.05) is 11.9 Å². The molecular weight excluding hydrogens is 385 g/mol. The van der Waals surface area contributed by atoms with Crippen LogP contribution in [0.15, 0.2) is 42.5 Å². The average Bonchev–Trinajstić information content (AvgIpc) is 2.55. The number of nitrogens with one attached hydrogen (secondary N) is 1. The van der Waals surface area contributed by atoms with Crippen LogP contribution in [0.5, 0.6) is 0 Å². The third kappa shape index (κ3) is 6.12. The molecule has 0 atom stereocenters. The second-order valence-electron chi connectivity index (χ2n) is 5.52. The van der Waals surface area contributed by atoms with Gasteiger partial charge < -0.3 is 10.1 Å². The van der Waals surface area contributed by atoms with E-state index in [4.69, 9.17) is 16.3 Å². The van der Waals surface area contributed by atoms with Crippen LogP contribution in [-0.4, -0.2) is 33.2 Å². The number of rotatable bonds is 6. The van der Waals surface area contributed by atoms with Crippen LogP contribution in [-0.2, 0) is 25.1 Å². The van der Waals surface area contributed by atoms with Crippen LogP contribution in [0.3, 0.4) is 0 Å². The van der Waals surface area contributed by atoms with E-state index in [1.165, 1.54) is 36.4 Å². The molecule has 2 rings (SSSR count). The quantitative estimate of drug-likeness (QED) is 0.754. The van der Waals surface area contributed by atoms with Crippen molar-refractivity contribution in [2.75, 3.05) is 18.2 Å². The van der Waals surface area contributed by atoms with Gasteiger partial charge in [-0.25, -0.2) is 17.6 Å².